The predicted octanol–water partition coefficient (Wildman–Crippen LogP) is 1.69. The van der Waals surface area contributed by atoms with Crippen molar-refractivity contribution in [2.45, 2.75) is 19.8 Å². The zero-order valence-corrected chi connectivity index (χ0v) is 12.7. The van der Waals surface area contributed by atoms with E-state index in [-0.39, 0.29) is 5.69 Å². The van der Waals surface area contributed by atoms with Crippen LogP contribution in [0, 0.1) is 0 Å². The summed E-state index contributed by atoms with van der Waals surface area (Å²) in [7, 11) is 0. The molecule has 1 heterocycles. The topological polar surface area (TPSA) is 97.1 Å². The number of hydrogen-bond donors (Lipinski definition) is 2. The lowest BCUT2D eigenvalue weighted by atomic mass is 10.2. The Balaban J connectivity index is 2.36. The van der Waals surface area contributed by atoms with Gasteiger partial charge in [0.15, 0.2) is 5.69 Å². The van der Waals surface area contributed by atoms with Crippen LogP contribution in [0.25, 0.3) is 5.69 Å². The number of amides is 1. The molecule has 22 heavy (non-hydrogen) atoms. The van der Waals surface area contributed by atoms with Crippen molar-refractivity contribution in [2.75, 3.05) is 6.54 Å². The van der Waals surface area contributed by atoms with Crippen molar-refractivity contribution in [3.8, 4) is 5.69 Å². The number of carboxylic acid groups (broad SMARTS) is 1. The number of halogens is 1. The highest BCUT2D eigenvalue weighted by atomic mass is 35.5. The van der Waals surface area contributed by atoms with Crippen molar-refractivity contribution in [1.82, 2.24) is 20.3 Å². The van der Waals surface area contributed by atoms with Crippen LogP contribution in [-0.4, -0.2) is 38.5 Å². The van der Waals surface area contributed by atoms with E-state index >= 15 is 0 Å². The van der Waals surface area contributed by atoms with Crippen molar-refractivity contribution in [2.24, 2.45) is 0 Å². The number of nitrogens with zero attached hydrogens (tertiary/aromatic N) is 3. The standard InChI is InChI=1S/C14H15ClN4O3/c1-2-4-11-13(14(22)16-8-12(20)21)17-18-19(11)10-6-3-5-9(15)7-10/h3,5-7H,2,4,8H2,1H3,(H,16,22)(H,20,21). The fourth-order valence-corrected chi connectivity index (χ4v) is 2.18. The molecule has 7 nitrogen and oxygen atoms in total. The summed E-state index contributed by atoms with van der Waals surface area (Å²) in [5, 5.41) is 19.3. The summed E-state index contributed by atoms with van der Waals surface area (Å²) in [6.07, 6.45) is 1.36. The van der Waals surface area contributed by atoms with E-state index in [9.17, 15) is 9.59 Å². The van der Waals surface area contributed by atoms with Gasteiger partial charge in [0, 0.05) is 5.02 Å². The van der Waals surface area contributed by atoms with Gasteiger partial charge in [-0.3, -0.25) is 9.59 Å². The Hall–Kier alpha value is -2.41. The van der Waals surface area contributed by atoms with Gasteiger partial charge in [-0.15, -0.1) is 5.10 Å². The molecule has 0 radical (unpaired) electrons. The predicted molar refractivity (Wildman–Crippen MR) is 80.3 cm³/mol. The molecule has 0 atom stereocenters. The molecule has 0 saturated heterocycles. The van der Waals surface area contributed by atoms with Gasteiger partial charge in [-0.2, -0.15) is 0 Å². The van der Waals surface area contributed by atoms with Crippen molar-refractivity contribution < 1.29 is 14.7 Å². The molecule has 1 aromatic carbocycles. The van der Waals surface area contributed by atoms with E-state index in [0.29, 0.717) is 22.8 Å². The number of nitrogens with one attached hydrogen (secondary N) is 1. The molecule has 0 bridgehead atoms. The van der Waals surface area contributed by atoms with Crippen molar-refractivity contribution in [1.29, 1.82) is 0 Å². The Morgan fingerprint density at radius 3 is 2.82 bits per heavy atom. The number of aromatic nitrogens is 3. The van der Waals surface area contributed by atoms with Crippen LogP contribution in [-0.2, 0) is 11.2 Å². The van der Waals surface area contributed by atoms with E-state index in [1.54, 1.807) is 28.9 Å². The highest BCUT2D eigenvalue weighted by Gasteiger charge is 2.20. The first-order valence-corrected chi connectivity index (χ1v) is 7.11. The summed E-state index contributed by atoms with van der Waals surface area (Å²) in [4.78, 5) is 22.6. The van der Waals surface area contributed by atoms with E-state index in [1.165, 1.54) is 0 Å². The van der Waals surface area contributed by atoms with Crippen LogP contribution in [0.5, 0.6) is 0 Å². The summed E-state index contributed by atoms with van der Waals surface area (Å²) in [6.45, 7) is 1.50. The molecule has 0 aliphatic heterocycles. The Kier molecular flexibility index (Phi) is 5.11. The average molecular weight is 323 g/mol. The quantitative estimate of drug-likeness (QED) is 0.843. The molecule has 116 valence electrons. The molecule has 8 heteroatoms. The number of benzene rings is 1. The van der Waals surface area contributed by atoms with Gasteiger partial charge < -0.3 is 10.4 Å². The Morgan fingerprint density at radius 2 is 2.18 bits per heavy atom. The molecular formula is C14H15ClN4O3. The number of rotatable bonds is 6. The smallest absolute Gasteiger partial charge is 0.322 e. The molecule has 2 aromatic rings. The molecule has 0 fully saturated rings. The number of hydrogen-bond acceptors (Lipinski definition) is 4. The number of aliphatic carboxylic acids is 1. The molecule has 0 saturated carbocycles. The third-order valence-electron chi connectivity index (χ3n) is 2.92. The lowest BCUT2D eigenvalue weighted by Gasteiger charge is -2.07. The van der Waals surface area contributed by atoms with E-state index in [2.05, 4.69) is 15.6 Å². The van der Waals surface area contributed by atoms with Crippen molar-refractivity contribution in [3.63, 3.8) is 0 Å². The zero-order chi connectivity index (χ0) is 16.1. The monoisotopic (exact) mass is 322 g/mol. The molecule has 0 unspecified atom stereocenters. The van der Waals surface area contributed by atoms with Crippen LogP contribution in [0.1, 0.15) is 29.5 Å². The number of carboxylic acids is 1. The first-order chi connectivity index (χ1) is 10.5. The second kappa shape index (κ2) is 7.04. The van der Waals surface area contributed by atoms with E-state index in [0.717, 1.165) is 6.42 Å². The lowest BCUT2D eigenvalue weighted by molar-refractivity contribution is -0.135. The van der Waals surface area contributed by atoms with Gasteiger partial charge in [-0.25, -0.2) is 4.68 Å². The van der Waals surface area contributed by atoms with Gasteiger partial charge >= 0.3 is 5.97 Å². The Bertz CT molecular complexity index is 699. The van der Waals surface area contributed by atoms with Crippen molar-refractivity contribution >= 4 is 23.5 Å². The van der Waals surface area contributed by atoms with E-state index in [1.807, 2.05) is 6.92 Å². The minimum Gasteiger partial charge on any atom is -0.480 e. The maximum atomic E-state index is 12.0. The molecule has 2 rings (SSSR count). The third kappa shape index (κ3) is 3.62. The normalized spacial score (nSPS) is 10.5. The summed E-state index contributed by atoms with van der Waals surface area (Å²) >= 11 is 5.97. The molecule has 2 N–H and O–H groups in total. The highest BCUT2D eigenvalue weighted by molar-refractivity contribution is 6.30. The summed E-state index contributed by atoms with van der Waals surface area (Å²) in [5.41, 5.74) is 1.44. The largest absolute Gasteiger partial charge is 0.480 e. The first-order valence-electron chi connectivity index (χ1n) is 6.73. The van der Waals surface area contributed by atoms with Gasteiger partial charge in [-0.1, -0.05) is 36.2 Å². The minimum atomic E-state index is -1.12. The second-order valence-electron chi connectivity index (χ2n) is 4.60. The van der Waals surface area contributed by atoms with Crippen LogP contribution >= 0.6 is 11.6 Å². The first kappa shape index (κ1) is 16.0. The second-order valence-corrected chi connectivity index (χ2v) is 5.04. The lowest BCUT2D eigenvalue weighted by Crippen LogP contribution is -2.30. The third-order valence-corrected chi connectivity index (χ3v) is 3.15. The zero-order valence-electron chi connectivity index (χ0n) is 11.9. The summed E-state index contributed by atoms with van der Waals surface area (Å²) in [5.74, 6) is -1.67. The van der Waals surface area contributed by atoms with Crippen LogP contribution in [0.4, 0.5) is 0 Å². The average Bonchev–Trinajstić information content (AvgIpc) is 2.89. The van der Waals surface area contributed by atoms with E-state index < -0.39 is 18.4 Å². The Morgan fingerprint density at radius 1 is 1.41 bits per heavy atom. The van der Waals surface area contributed by atoms with Gasteiger partial charge in [-0.05, 0) is 24.6 Å². The number of carbonyl (C=O) groups excluding carboxylic acids is 1. The fraction of sp³-hybridized carbons (Fsp3) is 0.286. The molecule has 1 aromatic heterocycles. The van der Waals surface area contributed by atoms with Crippen LogP contribution in [0.15, 0.2) is 24.3 Å². The molecular weight excluding hydrogens is 308 g/mol. The summed E-state index contributed by atoms with van der Waals surface area (Å²) < 4.78 is 1.55. The molecule has 1 amide bonds. The maximum Gasteiger partial charge on any atom is 0.322 e. The highest BCUT2D eigenvalue weighted by Crippen LogP contribution is 2.18. The van der Waals surface area contributed by atoms with E-state index in [4.69, 9.17) is 16.7 Å². The maximum absolute atomic E-state index is 12.0. The van der Waals surface area contributed by atoms with Gasteiger partial charge in [0.1, 0.15) is 6.54 Å². The van der Waals surface area contributed by atoms with Crippen LogP contribution < -0.4 is 5.32 Å². The van der Waals surface area contributed by atoms with Gasteiger partial charge in [0.05, 0.1) is 11.4 Å². The van der Waals surface area contributed by atoms with Crippen LogP contribution in [0.2, 0.25) is 5.02 Å². The fourth-order valence-electron chi connectivity index (χ4n) is 1.99. The van der Waals surface area contributed by atoms with Crippen LogP contribution in [0.3, 0.4) is 0 Å². The SMILES string of the molecule is CCCc1c(C(=O)NCC(=O)O)nnn1-c1cccc(Cl)c1. The minimum absolute atomic E-state index is 0.128. The van der Waals surface area contributed by atoms with Crippen molar-refractivity contribution in [3.05, 3.63) is 40.7 Å². The van der Waals surface area contributed by atoms with Gasteiger partial charge in [0.2, 0.25) is 0 Å². The molecule has 0 aliphatic rings. The molecule has 0 spiro atoms. The summed E-state index contributed by atoms with van der Waals surface area (Å²) in [6, 6.07) is 7.04. The Labute approximate surface area is 131 Å². The number of carbonyl (C=O) groups is 2. The van der Waals surface area contributed by atoms with Gasteiger partial charge in [0.25, 0.3) is 5.91 Å². The molecule has 0 aliphatic carbocycles.